The van der Waals surface area contributed by atoms with E-state index in [4.69, 9.17) is 21.1 Å². The first kappa shape index (κ1) is 17.8. The van der Waals surface area contributed by atoms with Crippen LogP contribution in [0.25, 0.3) is 6.08 Å². The highest BCUT2D eigenvalue weighted by molar-refractivity contribution is 6.34. The molecule has 3 rings (SSSR count). The predicted molar refractivity (Wildman–Crippen MR) is 99.9 cm³/mol. The van der Waals surface area contributed by atoms with Gasteiger partial charge in [0.25, 0.3) is 5.91 Å². The van der Waals surface area contributed by atoms with Crippen molar-refractivity contribution in [3.05, 3.63) is 58.6 Å². The van der Waals surface area contributed by atoms with Crippen LogP contribution in [0.4, 0.5) is 5.69 Å². The zero-order chi connectivity index (χ0) is 18.5. The molecule has 134 valence electrons. The van der Waals surface area contributed by atoms with Crippen LogP contribution in [0.5, 0.6) is 11.5 Å². The molecule has 1 aliphatic heterocycles. The summed E-state index contributed by atoms with van der Waals surface area (Å²) in [6.45, 7) is 0.921. The summed E-state index contributed by atoms with van der Waals surface area (Å²) in [5.41, 5.74) is 1.79. The Kier molecular flexibility index (Phi) is 5.43. The van der Waals surface area contributed by atoms with Gasteiger partial charge < -0.3 is 20.1 Å². The molecule has 0 unspecified atom stereocenters. The first-order valence-corrected chi connectivity index (χ1v) is 8.35. The van der Waals surface area contributed by atoms with Gasteiger partial charge in [-0.25, -0.2) is 0 Å². The molecule has 0 atom stereocenters. The number of carbonyl (C=O) groups excluding carboxylic acids is 2. The number of halogens is 1. The Balaban J connectivity index is 1.67. The van der Waals surface area contributed by atoms with Crippen molar-refractivity contribution in [1.82, 2.24) is 5.32 Å². The van der Waals surface area contributed by atoms with E-state index in [-0.39, 0.29) is 11.8 Å². The number of rotatable bonds is 4. The van der Waals surface area contributed by atoms with E-state index in [0.717, 1.165) is 5.56 Å². The molecule has 2 aromatic carbocycles. The Morgan fingerprint density at radius 3 is 2.38 bits per heavy atom. The highest BCUT2D eigenvalue weighted by Gasteiger charge is 2.15. The summed E-state index contributed by atoms with van der Waals surface area (Å²) in [6, 6.07) is 10.1. The SMILES string of the molecule is CNC(=O)c1ccc(/C=C/C(=O)Nc2cc3c(cc2Cl)OCCO3)cc1. The van der Waals surface area contributed by atoms with Gasteiger partial charge in [-0.3, -0.25) is 9.59 Å². The van der Waals surface area contributed by atoms with Crippen LogP contribution < -0.4 is 20.1 Å². The van der Waals surface area contributed by atoms with E-state index in [0.29, 0.717) is 41.0 Å². The van der Waals surface area contributed by atoms with Gasteiger partial charge in [-0.05, 0) is 23.8 Å². The normalized spacial score (nSPS) is 12.7. The summed E-state index contributed by atoms with van der Waals surface area (Å²) in [5.74, 6) is 0.612. The summed E-state index contributed by atoms with van der Waals surface area (Å²) in [6.07, 6.45) is 3.04. The molecular formula is C19H17ClN2O4. The lowest BCUT2D eigenvalue weighted by molar-refractivity contribution is -0.111. The number of carbonyl (C=O) groups is 2. The standard InChI is InChI=1S/C19H17ClN2O4/c1-21-19(24)13-5-2-12(3-6-13)4-7-18(23)22-15-11-17-16(10-14(15)20)25-8-9-26-17/h2-7,10-11H,8-9H2,1H3,(H,21,24)(H,22,23)/b7-4+. The van der Waals surface area contributed by atoms with Crippen LogP contribution in [0.2, 0.25) is 5.02 Å². The summed E-state index contributed by atoms with van der Waals surface area (Å²) >= 11 is 6.17. The zero-order valence-corrected chi connectivity index (χ0v) is 14.8. The third kappa shape index (κ3) is 4.15. The molecule has 0 bridgehead atoms. The third-order valence-corrected chi connectivity index (χ3v) is 4.03. The van der Waals surface area contributed by atoms with E-state index in [2.05, 4.69) is 10.6 Å². The van der Waals surface area contributed by atoms with Crippen molar-refractivity contribution in [2.24, 2.45) is 0 Å². The van der Waals surface area contributed by atoms with Crippen LogP contribution in [0.15, 0.2) is 42.5 Å². The van der Waals surface area contributed by atoms with Gasteiger partial charge in [-0.2, -0.15) is 0 Å². The Labute approximate surface area is 155 Å². The van der Waals surface area contributed by atoms with E-state index >= 15 is 0 Å². The topological polar surface area (TPSA) is 76.7 Å². The minimum atomic E-state index is -0.334. The molecule has 6 nitrogen and oxygen atoms in total. The number of amides is 2. The number of hydrogen-bond acceptors (Lipinski definition) is 4. The molecule has 2 N–H and O–H groups in total. The Morgan fingerprint density at radius 2 is 1.73 bits per heavy atom. The van der Waals surface area contributed by atoms with Crippen LogP contribution in [0, 0.1) is 0 Å². The smallest absolute Gasteiger partial charge is 0.251 e. The maximum Gasteiger partial charge on any atom is 0.251 e. The van der Waals surface area contributed by atoms with Gasteiger partial charge in [0.1, 0.15) is 13.2 Å². The second-order valence-electron chi connectivity index (χ2n) is 5.50. The fourth-order valence-corrected chi connectivity index (χ4v) is 2.60. The molecule has 0 aliphatic carbocycles. The van der Waals surface area contributed by atoms with Gasteiger partial charge in [0, 0.05) is 30.8 Å². The van der Waals surface area contributed by atoms with Gasteiger partial charge in [-0.15, -0.1) is 0 Å². The fourth-order valence-electron chi connectivity index (χ4n) is 2.40. The van der Waals surface area contributed by atoms with E-state index < -0.39 is 0 Å². The van der Waals surface area contributed by atoms with E-state index in [1.165, 1.54) is 6.08 Å². The summed E-state index contributed by atoms with van der Waals surface area (Å²) in [4.78, 5) is 23.6. The van der Waals surface area contributed by atoms with Crippen LogP contribution in [-0.4, -0.2) is 32.1 Å². The zero-order valence-electron chi connectivity index (χ0n) is 14.0. The number of ether oxygens (including phenoxy) is 2. The molecule has 7 heteroatoms. The summed E-state index contributed by atoms with van der Waals surface area (Å²) in [5, 5.41) is 5.63. The lowest BCUT2D eigenvalue weighted by atomic mass is 10.1. The van der Waals surface area contributed by atoms with Crippen LogP contribution >= 0.6 is 11.6 Å². The maximum atomic E-state index is 12.1. The Hall–Kier alpha value is -2.99. The van der Waals surface area contributed by atoms with Gasteiger partial charge in [-0.1, -0.05) is 23.7 Å². The molecule has 2 aromatic rings. The molecule has 0 spiro atoms. The highest BCUT2D eigenvalue weighted by Crippen LogP contribution is 2.37. The molecule has 0 radical (unpaired) electrons. The number of nitrogens with one attached hydrogen (secondary N) is 2. The predicted octanol–water partition coefficient (Wildman–Crippen LogP) is 3.12. The number of hydrogen-bond donors (Lipinski definition) is 2. The fraction of sp³-hybridized carbons (Fsp3) is 0.158. The molecule has 2 amide bonds. The maximum absolute atomic E-state index is 12.1. The van der Waals surface area contributed by atoms with Crippen molar-refractivity contribution in [2.45, 2.75) is 0 Å². The lowest BCUT2D eigenvalue weighted by Gasteiger charge is -2.19. The molecule has 0 fully saturated rings. The minimum absolute atomic E-state index is 0.161. The average Bonchev–Trinajstić information content (AvgIpc) is 2.66. The Morgan fingerprint density at radius 1 is 1.08 bits per heavy atom. The van der Waals surface area contributed by atoms with E-state index in [1.807, 2.05) is 0 Å². The van der Waals surface area contributed by atoms with Crippen LogP contribution in [-0.2, 0) is 4.79 Å². The van der Waals surface area contributed by atoms with Crippen molar-refractivity contribution in [3.63, 3.8) is 0 Å². The second-order valence-corrected chi connectivity index (χ2v) is 5.91. The third-order valence-electron chi connectivity index (χ3n) is 3.72. The number of benzene rings is 2. The van der Waals surface area contributed by atoms with E-state index in [9.17, 15) is 9.59 Å². The first-order valence-electron chi connectivity index (χ1n) is 7.97. The second kappa shape index (κ2) is 7.93. The quantitative estimate of drug-likeness (QED) is 0.808. The van der Waals surface area contributed by atoms with Crippen LogP contribution in [0.1, 0.15) is 15.9 Å². The molecule has 1 aliphatic rings. The molecule has 0 saturated carbocycles. The van der Waals surface area contributed by atoms with Gasteiger partial charge >= 0.3 is 0 Å². The van der Waals surface area contributed by atoms with Gasteiger partial charge in [0.2, 0.25) is 5.91 Å². The molecule has 0 aromatic heterocycles. The molecular weight excluding hydrogens is 356 g/mol. The summed E-state index contributed by atoms with van der Waals surface area (Å²) in [7, 11) is 1.57. The monoisotopic (exact) mass is 372 g/mol. The average molecular weight is 373 g/mol. The Bertz CT molecular complexity index is 863. The largest absolute Gasteiger partial charge is 0.486 e. The van der Waals surface area contributed by atoms with Crippen molar-refractivity contribution in [2.75, 3.05) is 25.6 Å². The minimum Gasteiger partial charge on any atom is -0.486 e. The van der Waals surface area contributed by atoms with Crippen molar-refractivity contribution in [3.8, 4) is 11.5 Å². The van der Waals surface area contributed by atoms with E-state index in [1.54, 1.807) is 49.5 Å². The summed E-state index contributed by atoms with van der Waals surface area (Å²) < 4.78 is 10.9. The van der Waals surface area contributed by atoms with Crippen molar-refractivity contribution < 1.29 is 19.1 Å². The molecule has 1 heterocycles. The van der Waals surface area contributed by atoms with Gasteiger partial charge in [0.15, 0.2) is 11.5 Å². The highest BCUT2D eigenvalue weighted by atomic mass is 35.5. The van der Waals surface area contributed by atoms with Gasteiger partial charge in [0.05, 0.1) is 10.7 Å². The number of anilines is 1. The van der Waals surface area contributed by atoms with Crippen molar-refractivity contribution >= 4 is 35.2 Å². The molecule has 26 heavy (non-hydrogen) atoms. The lowest BCUT2D eigenvalue weighted by Crippen LogP contribution is -2.17. The number of fused-ring (bicyclic) bond motifs is 1. The van der Waals surface area contributed by atoms with Crippen molar-refractivity contribution in [1.29, 1.82) is 0 Å². The first-order chi connectivity index (χ1) is 12.6. The van der Waals surface area contributed by atoms with Crippen LogP contribution in [0.3, 0.4) is 0 Å². The molecule has 0 saturated heterocycles.